The predicted octanol–water partition coefficient (Wildman–Crippen LogP) is 2.52. The van der Waals surface area contributed by atoms with Crippen LogP contribution in [0.25, 0.3) is 11.5 Å². The van der Waals surface area contributed by atoms with Gasteiger partial charge in [-0.1, -0.05) is 31.3 Å². The summed E-state index contributed by atoms with van der Waals surface area (Å²) >= 11 is 0. The van der Waals surface area contributed by atoms with Gasteiger partial charge in [0.15, 0.2) is 5.82 Å². The minimum absolute atomic E-state index is 0.443. The van der Waals surface area contributed by atoms with Gasteiger partial charge in [0.2, 0.25) is 0 Å². The second-order valence-electron chi connectivity index (χ2n) is 5.84. The minimum atomic E-state index is -0.443. The van der Waals surface area contributed by atoms with Gasteiger partial charge in [0.1, 0.15) is 0 Å². The SMILES string of the molecule is CCc1nnc(C)cc1-c1nc(C2(N)CCCCC2)no1. The standard InChI is InChI=1S/C15H21N5O/c1-3-12-11(9-10(2)18-19-12)13-17-14(20-21-13)15(16)7-5-4-6-8-15/h9H,3-8,16H2,1-2H3. The highest BCUT2D eigenvalue weighted by Gasteiger charge is 2.34. The van der Waals surface area contributed by atoms with Gasteiger partial charge in [0.05, 0.1) is 22.5 Å². The average Bonchev–Trinajstić information content (AvgIpc) is 2.98. The van der Waals surface area contributed by atoms with E-state index >= 15 is 0 Å². The Morgan fingerprint density at radius 3 is 2.71 bits per heavy atom. The topological polar surface area (TPSA) is 90.7 Å². The molecule has 1 aliphatic carbocycles. The van der Waals surface area contributed by atoms with Gasteiger partial charge in [-0.2, -0.15) is 15.2 Å². The molecule has 1 fully saturated rings. The Kier molecular flexibility index (Phi) is 3.71. The lowest BCUT2D eigenvalue weighted by Gasteiger charge is -2.29. The van der Waals surface area contributed by atoms with Crippen LogP contribution >= 0.6 is 0 Å². The zero-order valence-electron chi connectivity index (χ0n) is 12.6. The van der Waals surface area contributed by atoms with Gasteiger partial charge in [0.25, 0.3) is 5.89 Å². The second-order valence-corrected chi connectivity index (χ2v) is 5.84. The van der Waals surface area contributed by atoms with Crippen LogP contribution in [0.3, 0.4) is 0 Å². The normalized spacial score (nSPS) is 17.9. The van der Waals surface area contributed by atoms with Crippen LogP contribution in [0.15, 0.2) is 10.6 Å². The number of hydrogen-bond acceptors (Lipinski definition) is 6. The fourth-order valence-electron chi connectivity index (χ4n) is 2.90. The van der Waals surface area contributed by atoms with Gasteiger partial charge >= 0.3 is 0 Å². The molecule has 0 aliphatic heterocycles. The van der Waals surface area contributed by atoms with E-state index in [0.717, 1.165) is 49.1 Å². The summed E-state index contributed by atoms with van der Waals surface area (Å²) in [6.45, 7) is 3.93. The van der Waals surface area contributed by atoms with Crippen LogP contribution in [0.1, 0.15) is 56.2 Å². The highest BCUT2D eigenvalue weighted by atomic mass is 16.5. The van der Waals surface area contributed by atoms with Gasteiger partial charge in [-0.15, -0.1) is 0 Å². The van der Waals surface area contributed by atoms with Gasteiger partial charge in [-0.3, -0.25) is 0 Å². The molecule has 1 aliphatic rings. The lowest BCUT2D eigenvalue weighted by molar-refractivity contribution is 0.275. The largest absolute Gasteiger partial charge is 0.334 e. The monoisotopic (exact) mass is 287 g/mol. The smallest absolute Gasteiger partial charge is 0.259 e. The molecule has 2 aromatic heterocycles. The van der Waals surface area contributed by atoms with E-state index in [1.807, 2.05) is 19.9 Å². The van der Waals surface area contributed by atoms with Crippen LogP contribution in [0.2, 0.25) is 0 Å². The van der Waals surface area contributed by atoms with E-state index in [4.69, 9.17) is 10.3 Å². The fourth-order valence-corrected chi connectivity index (χ4v) is 2.90. The summed E-state index contributed by atoms with van der Waals surface area (Å²) in [6.07, 6.45) is 6.08. The van der Waals surface area contributed by atoms with Gasteiger partial charge in [0, 0.05) is 0 Å². The number of nitrogens with two attached hydrogens (primary N) is 1. The van der Waals surface area contributed by atoms with Crippen LogP contribution < -0.4 is 5.73 Å². The fraction of sp³-hybridized carbons (Fsp3) is 0.600. The Labute approximate surface area is 124 Å². The Morgan fingerprint density at radius 1 is 1.24 bits per heavy atom. The Balaban J connectivity index is 1.96. The third-order valence-electron chi connectivity index (χ3n) is 4.18. The molecule has 0 aromatic carbocycles. The summed E-state index contributed by atoms with van der Waals surface area (Å²) < 4.78 is 5.46. The first-order chi connectivity index (χ1) is 10.1. The van der Waals surface area contributed by atoms with Crippen molar-refractivity contribution in [2.45, 2.75) is 57.9 Å². The zero-order valence-corrected chi connectivity index (χ0v) is 12.6. The number of aryl methyl sites for hydroxylation is 2. The number of rotatable bonds is 3. The van der Waals surface area contributed by atoms with Crippen LogP contribution in [-0.2, 0) is 12.0 Å². The van der Waals surface area contributed by atoms with Gasteiger partial charge < -0.3 is 10.3 Å². The minimum Gasteiger partial charge on any atom is -0.334 e. The van der Waals surface area contributed by atoms with E-state index in [0.29, 0.717) is 11.7 Å². The third kappa shape index (κ3) is 2.68. The van der Waals surface area contributed by atoms with E-state index in [1.165, 1.54) is 6.42 Å². The summed E-state index contributed by atoms with van der Waals surface area (Å²) in [6, 6.07) is 1.94. The molecular weight excluding hydrogens is 266 g/mol. The second kappa shape index (κ2) is 5.52. The molecule has 2 aromatic rings. The van der Waals surface area contributed by atoms with E-state index in [1.54, 1.807) is 0 Å². The molecule has 6 nitrogen and oxygen atoms in total. The molecule has 0 amide bonds. The maximum absolute atomic E-state index is 6.46. The van der Waals surface area contributed by atoms with E-state index in [-0.39, 0.29) is 0 Å². The summed E-state index contributed by atoms with van der Waals surface area (Å²) in [7, 11) is 0. The van der Waals surface area contributed by atoms with Crippen LogP contribution in [0.5, 0.6) is 0 Å². The summed E-state index contributed by atoms with van der Waals surface area (Å²) in [5.74, 6) is 1.11. The maximum atomic E-state index is 6.46. The highest BCUT2D eigenvalue weighted by molar-refractivity contribution is 5.56. The summed E-state index contributed by atoms with van der Waals surface area (Å²) in [5, 5.41) is 12.4. The van der Waals surface area contributed by atoms with E-state index < -0.39 is 5.54 Å². The molecule has 0 bridgehead atoms. The Morgan fingerprint density at radius 2 is 2.00 bits per heavy atom. The van der Waals surface area contributed by atoms with Crippen molar-refractivity contribution >= 4 is 0 Å². The molecule has 112 valence electrons. The molecule has 0 unspecified atom stereocenters. The van der Waals surface area contributed by atoms with Crippen molar-refractivity contribution in [2.75, 3.05) is 0 Å². The van der Waals surface area contributed by atoms with Crippen molar-refractivity contribution in [2.24, 2.45) is 5.73 Å². The highest BCUT2D eigenvalue weighted by Crippen LogP contribution is 2.34. The van der Waals surface area contributed by atoms with Crippen LogP contribution in [-0.4, -0.2) is 20.3 Å². The van der Waals surface area contributed by atoms with Crippen LogP contribution in [0.4, 0.5) is 0 Å². The van der Waals surface area contributed by atoms with Crippen molar-refractivity contribution in [3.63, 3.8) is 0 Å². The first-order valence-corrected chi connectivity index (χ1v) is 7.59. The van der Waals surface area contributed by atoms with Crippen LogP contribution in [0, 0.1) is 6.92 Å². The lowest BCUT2D eigenvalue weighted by atomic mass is 9.82. The lowest BCUT2D eigenvalue weighted by Crippen LogP contribution is -2.39. The maximum Gasteiger partial charge on any atom is 0.259 e. The molecule has 0 atom stereocenters. The molecule has 0 radical (unpaired) electrons. The molecule has 21 heavy (non-hydrogen) atoms. The van der Waals surface area contributed by atoms with Gasteiger partial charge in [-0.05, 0) is 32.3 Å². The molecule has 6 heteroatoms. The first kappa shape index (κ1) is 14.1. The number of aromatic nitrogens is 4. The molecule has 3 rings (SSSR count). The number of hydrogen-bond donors (Lipinski definition) is 1. The Hall–Kier alpha value is -1.82. The zero-order chi connectivity index (χ0) is 14.9. The quantitative estimate of drug-likeness (QED) is 0.932. The summed E-state index contributed by atoms with van der Waals surface area (Å²) in [5.41, 5.74) is 8.58. The van der Waals surface area contributed by atoms with Crippen molar-refractivity contribution in [3.8, 4) is 11.5 Å². The van der Waals surface area contributed by atoms with Crippen molar-refractivity contribution in [3.05, 3.63) is 23.3 Å². The van der Waals surface area contributed by atoms with E-state index in [2.05, 4.69) is 20.3 Å². The van der Waals surface area contributed by atoms with E-state index in [9.17, 15) is 0 Å². The average molecular weight is 287 g/mol. The van der Waals surface area contributed by atoms with Crippen molar-refractivity contribution in [1.82, 2.24) is 20.3 Å². The summed E-state index contributed by atoms with van der Waals surface area (Å²) in [4.78, 5) is 4.56. The Bertz CT molecular complexity index is 631. The molecule has 1 saturated carbocycles. The van der Waals surface area contributed by atoms with Gasteiger partial charge in [-0.25, -0.2) is 0 Å². The molecule has 2 N–H and O–H groups in total. The first-order valence-electron chi connectivity index (χ1n) is 7.59. The third-order valence-corrected chi connectivity index (χ3v) is 4.18. The molecular formula is C15H21N5O. The van der Waals surface area contributed by atoms with Crippen molar-refractivity contribution < 1.29 is 4.52 Å². The molecule has 0 spiro atoms. The number of nitrogens with zero attached hydrogens (tertiary/aromatic N) is 4. The van der Waals surface area contributed by atoms with Crippen molar-refractivity contribution in [1.29, 1.82) is 0 Å². The molecule has 2 heterocycles. The predicted molar refractivity (Wildman–Crippen MR) is 78.4 cm³/mol. The molecule has 0 saturated heterocycles.